The van der Waals surface area contributed by atoms with Gasteiger partial charge >= 0.3 is 10.1 Å². The first-order valence-electron chi connectivity index (χ1n) is 9.07. The second-order valence-corrected chi connectivity index (χ2v) is 8.02. The van der Waals surface area contributed by atoms with E-state index in [1.54, 1.807) is 62.7 Å². The molecule has 0 aliphatic rings. The third-order valence-corrected chi connectivity index (χ3v) is 5.51. The van der Waals surface area contributed by atoms with E-state index in [9.17, 15) is 8.42 Å². The largest absolute Gasteiger partial charge is 0.497 e. The molecule has 0 N–H and O–H groups in total. The van der Waals surface area contributed by atoms with E-state index in [1.165, 1.54) is 12.1 Å². The second kappa shape index (κ2) is 9.65. The average molecular weight is 446 g/mol. The molecule has 0 bridgehead atoms. The second-order valence-electron chi connectivity index (χ2n) is 6.07. The van der Waals surface area contributed by atoms with Gasteiger partial charge in [-0.1, -0.05) is 29.8 Å². The Morgan fingerprint density at radius 3 is 2.37 bits per heavy atom. The van der Waals surface area contributed by atoms with Crippen molar-refractivity contribution in [3.63, 3.8) is 0 Å². The Morgan fingerprint density at radius 2 is 1.73 bits per heavy atom. The normalized spacial score (nSPS) is 11.4. The van der Waals surface area contributed by atoms with Crippen molar-refractivity contribution in [2.45, 2.75) is 11.8 Å². The predicted molar refractivity (Wildman–Crippen MR) is 117 cm³/mol. The Morgan fingerprint density at radius 1 is 1.03 bits per heavy atom. The first kappa shape index (κ1) is 21.7. The first-order valence-corrected chi connectivity index (χ1v) is 10.9. The zero-order chi connectivity index (χ0) is 21.6. The molecule has 0 aliphatic heterocycles. The zero-order valence-corrected chi connectivity index (χ0v) is 18.0. The van der Waals surface area contributed by atoms with Crippen LogP contribution in [0.1, 0.15) is 12.5 Å². The highest BCUT2D eigenvalue weighted by molar-refractivity contribution is 7.87. The molecule has 0 atom stereocenters. The van der Waals surface area contributed by atoms with Crippen molar-refractivity contribution in [3.05, 3.63) is 77.3 Å². The van der Waals surface area contributed by atoms with Crippen LogP contribution in [0.4, 0.5) is 5.69 Å². The summed E-state index contributed by atoms with van der Waals surface area (Å²) < 4.78 is 41.2. The van der Waals surface area contributed by atoms with Crippen LogP contribution in [0.15, 0.2) is 76.6 Å². The van der Waals surface area contributed by atoms with Crippen LogP contribution in [0.2, 0.25) is 5.02 Å². The van der Waals surface area contributed by atoms with Gasteiger partial charge in [-0.2, -0.15) is 8.42 Å². The minimum absolute atomic E-state index is 0.0219. The minimum Gasteiger partial charge on any atom is -0.497 e. The molecular weight excluding hydrogens is 426 g/mol. The van der Waals surface area contributed by atoms with Crippen LogP contribution in [0.25, 0.3) is 0 Å². The van der Waals surface area contributed by atoms with Gasteiger partial charge in [0.15, 0.2) is 5.75 Å². The number of hydrogen-bond acceptors (Lipinski definition) is 6. The Kier molecular flexibility index (Phi) is 6.97. The Balaban J connectivity index is 1.91. The number of methoxy groups -OCH3 is 1. The van der Waals surface area contributed by atoms with E-state index in [1.807, 2.05) is 12.1 Å². The first-order chi connectivity index (χ1) is 14.4. The summed E-state index contributed by atoms with van der Waals surface area (Å²) in [6.07, 6.45) is 1.60. The summed E-state index contributed by atoms with van der Waals surface area (Å²) >= 11 is 6.34. The average Bonchev–Trinajstić information content (AvgIpc) is 2.76. The molecule has 0 radical (unpaired) electrons. The van der Waals surface area contributed by atoms with E-state index in [2.05, 4.69) is 4.99 Å². The van der Waals surface area contributed by atoms with E-state index in [-0.39, 0.29) is 21.4 Å². The third kappa shape index (κ3) is 5.31. The number of halogens is 1. The molecule has 3 aromatic carbocycles. The molecule has 8 heteroatoms. The lowest BCUT2D eigenvalue weighted by molar-refractivity contribution is 0.327. The molecule has 0 spiro atoms. The van der Waals surface area contributed by atoms with Crippen molar-refractivity contribution in [3.8, 4) is 17.2 Å². The number of benzene rings is 3. The smallest absolute Gasteiger partial charge is 0.339 e. The molecule has 3 aromatic rings. The summed E-state index contributed by atoms with van der Waals surface area (Å²) in [5, 5.41) is 0.0941. The summed E-state index contributed by atoms with van der Waals surface area (Å²) in [5.74, 6) is 0.876. The van der Waals surface area contributed by atoms with E-state index >= 15 is 0 Å². The molecule has 0 saturated carbocycles. The van der Waals surface area contributed by atoms with Crippen LogP contribution in [0.3, 0.4) is 0 Å². The summed E-state index contributed by atoms with van der Waals surface area (Å²) in [6.45, 7) is 2.08. The van der Waals surface area contributed by atoms with E-state index in [4.69, 9.17) is 25.3 Å². The zero-order valence-electron chi connectivity index (χ0n) is 16.4. The van der Waals surface area contributed by atoms with Gasteiger partial charge < -0.3 is 13.7 Å². The van der Waals surface area contributed by atoms with Crippen LogP contribution in [-0.2, 0) is 10.1 Å². The quantitative estimate of drug-likeness (QED) is 0.349. The van der Waals surface area contributed by atoms with Gasteiger partial charge in [0, 0.05) is 6.21 Å². The Labute approximate surface area is 180 Å². The van der Waals surface area contributed by atoms with Gasteiger partial charge in [-0.25, -0.2) is 0 Å². The van der Waals surface area contributed by atoms with Gasteiger partial charge in [-0.3, -0.25) is 4.99 Å². The maximum Gasteiger partial charge on any atom is 0.339 e. The Hall–Kier alpha value is -3.03. The van der Waals surface area contributed by atoms with Crippen LogP contribution in [-0.4, -0.2) is 28.3 Å². The molecular formula is C22H20ClNO5S. The molecule has 0 fully saturated rings. The summed E-state index contributed by atoms with van der Waals surface area (Å²) in [7, 11) is -2.47. The number of rotatable bonds is 8. The van der Waals surface area contributed by atoms with Crippen molar-refractivity contribution in [1.29, 1.82) is 0 Å². The van der Waals surface area contributed by atoms with E-state index in [0.717, 1.165) is 11.4 Å². The van der Waals surface area contributed by atoms with Gasteiger partial charge in [0.2, 0.25) is 5.75 Å². The standard InChI is InChI=1S/C22H20ClNO5S/c1-3-28-21-14-16(15-24-17-9-11-18(27-2)12-10-17)13-20(23)22(21)29-30(25,26)19-7-5-4-6-8-19/h4-15H,3H2,1-2H3. The van der Waals surface area contributed by atoms with Crippen molar-refractivity contribution in [1.82, 2.24) is 0 Å². The van der Waals surface area contributed by atoms with Crippen molar-refractivity contribution in [2.24, 2.45) is 4.99 Å². The number of aliphatic imine (C=N–C) groups is 1. The molecule has 0 heterocycles. The molecule has 0 saturated heterocycles. The molecule has 30 heavy (non-hydrogen) atoms. The molecule has 156 valence electrons. The molecule has 6 nitrogen and oxygen atoms in total. The lowest BCUT2D eigenvalue weighted by atomic mass is 10.2. The highest BCUT2D eigenvalue weighted by Gasteiger charge is 2.22. The van der Waals surface area contributed by atoms with Gasteiger partial charge in [0.1, 0.15) is 10.6 Å². The van der Waals surface area contributed by atoms with Crippen molar-refractivity contribution >= 4 is 33.6 Å². The predicted octanol–water partition coefficient (Wildman–Crippen LogP) is 5.27. The summed E-state index contributed by atoms with van der Waals surface area (Å²) in [4.78, 5) is 4.41. The molecule has 0 aromatic heterocycles. The van der Waals surface area contributed by atoms with Crippen molar-refractivity contribution < 1.29 is 22.1 Å². The number of ether oxygens (including phenoxy) is 2. The van der Waals surface area contributed by atoms with Gasteiger partial charge in [-0.05, 0) is 61.0 Å². The highest BCUT2D eigenvalue weighted by Crippen LogP contribution is 2.38. The highest BCUT2D eigenvalue weighted by atomic mass is 35.5. The third-order valence-electron chi connectivity index (χ3n) is 3.99. The van der Waals surface area contributed by atoms with Crippen molar-refractivity contribution in [2.75, 3.05) is 13.7 Å². The lowest BCUT2D eigenvalue weighted by Gasteiger charge is -2.14. The van der Waals surface area contributed by atoms with E-state index in [0.29, 0.717) is 12.2 Å². The molecule has 0 unspecified atom stereocenters. The number of nitrogens with zero attached hydrogens (tertiary/aromatic N) is 1. The fraction of sp³-hybridized carbons (Fsp3) is 0.136. The van der Waals surface area contributed by atoms with Gasteiger partial charge in [0.25, 0.3) is 0 Å². The summed E-state index contributed by atoms with van der Waals surface area (Å²) in [6, 6.07) is 18.2. The SMILES string of the molecule is CCOc1cc(C=Nc2ccc(OC)cc2)cc(Cl)c1OS(=O)(=O)c1ccccc1. The maximum atomic E-state index is 12.6. The summed E-state index contributed by atoms with van der Waals surface area (Å²) in [5.41, 5.74) is 1.35. The molecule has 3 rings (SSSR count). The van der Waals surface area contributed by atoms with Crippen LogP contribution >= 0.6 is 11.6 Å². The topological polar surface area (TPSA) is 74.2 Å². The maximum absolute atomic E-state index is 12.6. The monoisotopic (exact) mass is 445 g/mol. The minimum atomic E-state index is -4.06. The molecule has 0 amide bonds. The molecule has 0 aliphatic carbocycles. The van der Waals surface area contributed by atoms with Gasteiger partial charge in [0.05, 0.1) is 24.4 Å². The fourth-order valence-corrected chi connectivity index (χ4v) is 3.85. The van der Waals surface area contributed by atoms with E-state index < -0.39 is 10.1 Å². The lowest BCUT2D eigenvalue weighted by Crippen LogP contribution is -2.11. The van der Waals surface area contributed by atoms with Crippen LogP contribution in [0.5, 0.6) is 17.2 Å². The van der Waals surface area contributed by atoms with Gasteiger partial charge in [-0.15, -0.1) is 0 Å². The van der Waals surface area contributed by atoms with Crippen LogP contribution in [0, 0.1) is 0 Å². The van der Waals surface area contributed by atoms with Crippen LogP contribution < -0.4 is 13.7 Å². The fourth-order valence-electron chi connectivity index (χ4n) is 2.57. The number of hydrogen-bond donors (Lipinski definition) is 0. The Bertz CT molecular complexity index is 1130.